The summed E-state index contributed by atoms with van der Waals surface area (Å²) in [5.41, 5.74) is 2.64. The third-order valence-corrected chi connectivity index (χ3v) is 3.16. The van der Waals surface area contributed by atoms with Gasteiger partial charge in [0.05, 0.1) is 6.61 Å². The zero-order chi connectivity index (χ0) is 12.1. The van der Waals surface area contributed by atoms with Crippen molar-refractivity contribution in [1.82, 2.24) is 10.2 Å². The van der Waals surface area contributed by atoms with E-state index in [1.165, 1.54) is 11.1 Å². The van der Waals surface area contributed by atoms with Crippen LogP contribution in [0.4, 0.5) is 0 Å². The maximum Gasteiger partial charge on any atom is 0.0713 e. The lowest BCUT2D eigenvalue weighted by molar-refractivity contribution is 0.184. The minimum absolute atomic E-state index is 0.603. The van der Waals surface area contributed by atoms with Crippen molar-refractivity contribution >= 4 is 0 Å². The summed E-state index contributed by atoms with van der Waals surface area (Å²) in [4.78, 5) is 2.51. The van der Waals surface area contributed by atoms with Crippen molar-refractivity contribution < 1.29 is 4.74 Å². The summed E-state index contributed by atoms with van der Waals surface area (Å²) < 4.78 is 5.17. The molecule has 94 valence electrons. The van der Waals surface area contributed by atoms with E-state index in [1.54, 1.807) is 7.11 Å². The molecule has 1 aliphatic heterocycles. The van der Waals surface area contributed by atoms with Crippen molar-refractivity contribution in [1.29, 1.82) is 0 Å². The molecule has 0 amide bonds. The van der Waals surface area contributed by atoms with Crippen LogP contribution in [0, 0.1) is 0 Å². The van der Waals surface area contributed by atoms with Crippen LogP contribution in [-0.2, 0) is 17.9 Å². The molecule has 0 unspecified atom stereocenters. The molecule has 0 saturated carbocycles. The quantitative estimate of drug-likeness (QED) is 0.857. The Morgan fingerprint density at radius 2 is 2.24 bits per heavy atom. The highest BCUT2D eigenvalue weighted by molar-refractivity contribution is 5.23. The average Bonchev–Trinajstić information content (AvgIpc) is 2.30. The van der Waals surface area contributed by atoms with Gasteiger partial charge in [-0.25, -0.2) is 0 Å². The number of nitrogens with zero attached hydrogens (tertiary/aromatic N) is 1. The highest BCUT2D eigenvalue weighted by atomic mass is 16.5. The van der Waals surface area contributed by atoms with Gasteiger partial charge in [-0.15, -0.1) is 0 Å². The van der Waals surface area contributed by atoms with E-state index in [0.717, 1.165) is 26.2 Å². The summed E-state index contributed by atoms with van der Waals surface area (Å²) in [6, 6.07) is 9.29. The van der Waals surface area contributed by atoms with Crippen LogP contribution >= 0.6 is 0 Å². The number of piperazine rings is 1. The van der Waals surface area contributed by atoms with Crippen molar-refractivity contribution in [2.75, 3.05) is 26.7 Å². The first-order valence-corrected chi connectivity index (χ1v) is 6.30. The summed E-state index contributed by atoms with van der Waals surface area (Å²) >= 11 is 0. The first-order chi connectivity index (χ1) is 8.28. The van der Waals surface area contributed by atoms with Crippen LogP contribution in [0.25, 0.3) is 0 Å². The van der Waals surface area contributed by atoms with E-state index < -0.39 is 0 Å². The van der Waals surface area contributed by atoms with Gasteiger partial charge in [-0.05, 0) is 18.1 Å². The minimum Gasteiger partial charge on any atom is -0.380 e. The van der Waals surface area contributed by atoms with Crippen molar-refractivity contribution in [2.24, 2.45) is 0 Å². The van der Waals surface area contributed by atoms with Crippen LogP contribution < -0.4 is 5.32 Å². The van der Waals surface area contributed by atoms with Crippen LogP contribution in [0.1, 0.15) is 18.1 Å². The van der Waals surface area contributed by atoms with Crippen molar-refractivity contribution in [3.05, 3.63) is 35.4 Å². The Bertz CT molecular complexity index is 354. The molecule has 3 nitrogen and oxygen atoms in total. The smallest absolute Gasteiger partial charge is 0.0713 e. The van der Waals surface area contributed by atoms with Crippen LogP contribution in [-0.4, -0.2) is 37.7 Å². The lowest BCUT2D eigenvalue weighted by atomic mass is 10.1. The van der Waals surface area contributed by atoms with E-state index in [1.807, 2.05) is 0 Å². The van der Waals surface area contributed by atoms with Gasteiger partial charge < -0.3 is 10.1 Å². The van der Waals surface area contributed by atoms with Crippen LogP contribution in [0.5, 0.6) is 0 Å². The third kappa shape index (κ3) is 3.80. The van der Waals surface area contributed by atoms with Gasteiger partial charge in [-0.2, -0.15) is 0 Å². The highest BCUT2D eigenvalue weighted by Gasteiger charge is 2.15. The molecule has 3 heteroatoms. The molecule has 0 radical (unpaired) electrons. The summed E-state index contributed by atoms with van der Waals surface area (Å²) in [5.74, 6) is 0. The Hall–Kier alpha value is -0.900. The fourth-order valence-electron chi connectivity index (χ4n) is 2.40. The maximum atomic E-state index is 5.17. The minimum atomic E-state index is 0.603. The molecule has 1 aromatic carbocycles. The van der Waals surface area contributed by atoms with E-state index in [2.05, 4.69) is 41.4 Å². The molecule has 1 atom stereocenters. The lowest BCUT2D eigenvalue weighted by Crippen LogP contribution is -2.48. The summed E-state index contributed by atoms with van der Waals surface area (Å²) in [6.07, 6.45) is 0. The Labute approximate surface area is 104 Å². The monoisotopic (exact) mass is 234 g/mol. The van der Waals surface area contributed by atoms with E-state index in [0.29, 0.717) is 12.6 Å². The second-order valence-corrected chi connectivity index (χ2v) is 4.84. The molecule has 0 aromatic heterocycles. The Kier molecular flexibility index (Phi) is 4.54. The fourth-order valence-corrected chi connectivity index (χ4v) is 2.40. The number of methoxy groups -OCH3 is 1. The summed E-state index contributed by atoms with van der Waals surface area (Å²) in [7, 11) is 1.74. The second-order valence-electron chi connectivity index (χ2n) is 4.84. The third-order valence-electron chi connectivity index (χ3n) is 3.16. The van der Waals surface area contributed by atoms with Gasteiger partial charge in [0.1, 0.15) is 0 Å². The van der Waals surface area contributed by atoms with Gasteiger partial charge in [0.2, 0.25) is 0 Å². The Morgan fingerprint density at radius 3 is 3.00 bits per heavy atom. The normalized spacial score (nSPS) is 21.6. The number of rotatable bonds is 4. The standard InChI is InChI=1S/C14H22N2O/c1-12-9-16(7-6-15-12)10-13-4-3-5-14(8-13)11-17-2/h3-5,8,12,15H,6-7,9-11H2,1-2H3/t12-/m0/s1. The Balaban J connectivity index is 1.95. The van der Waals surface area contributed by atoms with Gasteiger partial charge >= 0.3 is 0 Å². The van der Waals surface area contributed by atoms with Gasteiger partial charge in [-0.3, -0.25) is 4.90 Å². The molecule has 17 heavy (non-hydrogen) atoms. The average molecular weight is 234 g/mol. The first-order valence-electron chi connectivity index (χ1n) is 6.30. The number of hydrogen-bond donors (Lipinski definition) is 1. The summed E-state index contributed by atoms with van der Waals surface area (Å²) in [6.45, 7) is 7.36. The molecule has 0 bridgehead atoms. The van der Waals surface area contributed by atoms with Gasteiger partial charge in [0.25, 0.3) is 0 Å². The highest BCUT2D eigenvalue weighted by Crippen LogP contribution is 2.10. The van der Waals surface area contributed by atoms with Gasteiger partial charge in [0.15, 0.2) is 0 Å². The number of benzene rings is 1. The van der Waals surface area contributed by atoms with Crippen molar-refractivity contribution in [3.63, 3.8) is 0 Å². The topological polar surface area (TPSA) is 24.5 Å². The van der Waals surface area contributed by atoms with Gasteiger partial charge in [-0.1, -0.05) is 24.3 Å². The van der Waals surface area contributed by atoms with Gasteiger partial charge in [0, 0.05) is 39.3 Å². The van der Waals surface area contributed by atoms with Crippen LogP contribution in [0.2, 0.25) is 0 Å². The van der Waals surface area contributed by atoms with Crippen LogP contribution in [0.15, 0.2) is 24.3 Å². The van der Waals surface area contributed by atoms with E-state index >= 15 is 0 Å². The molecule has 0 spiro atoms. The first kappa shape index (κ1) is 12.6. The predicted octanol–water partition coefficient (Wildman–Crippen LogP) is 1.63. The number of hydrogen-bond acceptors (Lipinski definition) is 3. The second kappa shape index (κ2) is 6.15. The SMILES string of the molecule is COCc1cccc(CN2CCN[C@@H](C)C2)c1. The molecule has 2 rings (SSSR count). The predicted molar refractivity (Wildman–Crippen MR) is 69.9 cm³/mol. The van der Waals surface area contributed by atoms with E-state index in [9.17, 15) is 0 Å². The largest absolute Gasteiger partial charge is 0.380 e. The van der Waals surface area contributed by atoms with Crippen molar-refractivity contribution in [2.45, 2.75) is 26.1 Å². The van der Waals surface area contributed by atoms with Crippen molar-refractivity contribution in [3.8, 4) is 0 Å². The zero-order valence-corrected chi connectivity index (χ0v) is 10.8. The molecule has 1 heterocycles. The van der Waals surface area contributed by atoms with E-state index in [4.69, 9.17) is 4.74 Å². The molecular weight excluding hydrogens is 212 g/mol. The Morgan fingerprint density at radius 1 is 1.41 bits per heavy atom. The van der Waals surface area contributed by atoms with Crippen LogP contribution in [0.3, 0.4) is 0 Å². The molecule has 1 saturated heterocycles. The molecule has 1 aliphatic rings. The molecular formula is C14H22N2O. The maximum absolute atomic E-state index is 5.17. The lowest BCUT2D eigenvalue weighted by Gasteiger charge is -2.31. The molecule has 0 aliphatic carbocycles. The number of nitrogens with one attached hydrogen (secondary N) is 1. The fraction of sp³-hybridized carbons (Fsp3) is 0.571. The number of ether oxygens (including phenoxy) is 1. The molecule has 1 fully saturated rings. The zero-order valence-electron chi connectivity index (χ0n) is 10.8. The van der Waals surface area contributed by atoms with E-state index in [-0.39, 0.29) is 0 Å². The molecule has 1 N–H and O–H groups in total. The molecule has 1 aromatic rings. The summed E-state index contributed by atoms with van der Waals surface area (Å²) in [5, 5.41) is 3.47.